The van der Waals surface area contributed by atoms with Crippen LogP contribution in [0.1, 0.15) is 60.9 Å². The molecule has 2 aliphatic rings. The predicted molar refractivity (Wildman–Crippen MR) is 114 cm³/mol. The van der Waals surface area contributed by atoms with Crippen LogP contribution >= 0.6 is 0 Å². The summed E-state index contributed by atoms with van der Waals surface area (Å²) in [5, 5.41) is 0. The van der Waals surface area contributed by atoms with Crippen molar-refractivity contribution in [2.45, 2.75) is 51.5 Å². The lowest BCUT2D eigenvalue weighted by atomic mass is 9.92. The lowest BCUT2D eigenvalue weighted by Gasteiger charge is -2.40. The van der Waals surface area contributed by atoms with Crippen molar-refractivity contribution in [1.29, 1.82) is 0 Å². The Morgan fingerprint density at radius 1 is 0.741 bits per heavy atom. The molecule has 2 nitrogen and oxygen atoms in total. The predicted octanol–water partition coefficient (Wildman–Crippen LogP) is 5.07. The highest BCUT2D eigenvalue weighted by atomic mass is 15.3. The number of hydrogen-bond donors (Lipinski definition) is 0. The maximum absolute atomic E-state index is 2.74. The van der Waals surface area contributed by atoms with Crippen molar-refractivity contribution in [1.82, 2.24) is 9.80 Å². The minimum Gasteiger partial charge on any atom is -0.301 e. The van der Waals surface area contributed by atoms with E-state index in [0.29, 0.717) is 6.04 Å². The van der Waals surface area contributed by atoms with E-state index in [4.69, 9.17) is 0 Å². The van der Waals surface area contributed by atoms with Crippen LogP contribution in [0.25, 0.3) is 0 Å². The summed E-state index contributed by atoms with van der Waals surface area (Å²) in [5.74, 6) is 0. The van der Waals surface area contributed by atoms with Gasteiger partial charge in [0.1, 0.15) is 0 Å². The summed E-state index contributed by atoms with van der Waals surface area (Å²) >= 11 is 0. The average molecular weight is 363 g/mol. The Balaban J connectivity index is 1.50. The van der Waals surface area contributed by atoms with E-state index in [9.17, 15) is 0 Å². The van der Waals surface area contributed by atoms with Crippen LogP contribution in [-0.2, 0) is 12.8 Å². The fourth-order valence-electron chi connectivity index (χ4n) is 4.89. The van der Waals surface area contributed by atoms with Crippen LogP contribution < -0.4 is 0 Å². The summed E-state index contributed by atoms with van der Waals surface area (Å²) in [5.41, 5.74) is 6.17. The van der Waals surface area contributed by atoms with Crippen molar-refractivity contribution in [3.63, 3.8) is 0 Å². The highest BCUT2D eigenvalue weighted by Crippen LogP contribution is 2.37. The SMILES string of the molecule is CCCCCCN1CCN(C2c3ccccc3CCc3ccccc32)CC1. The fourth-order valence-corrected chi connectivity index (χ4v) is 4.89. The molecule has 0 N–H and O–H groups in total. The van der Waals surface area contributed by atoms with Crippen LogP contribution in [0.3, 0.4) is 0 Å². The third kappa shape index (κ3) is 4.28. The number of nitrogens with zero attached hydrogens (tertiary/aromatic N) is 2. The van der Waals surface area contributed by atoms with Gasteiger partial charge in [0.25, 0.3) is 0 Å². The second-order valence-corrected chi connectivity index (χ2v) is 8.24. The molecule has 1 fully saturated rings. The van der Waals surface area contributed by atoms with Crippen LogP contribution in [0.4, 0.5) is 0 Å². The molecule has 0 unspecified atom stereocenters. The molecule has 1 aliphatic carbocycles. The van der Waals surface area contributed by atoms with Crippen LogP contribution in [-0.4, -0.2) is 42.5 Å². The minimum absolute atomic E-state index is 0.433. The molecule has 0 bridgehead atoms. The Morgan fingerprint density at radius 2 is 1.33 bits per heavy atom. The first kappa shape index (κ1) is 18.7. The monoisotopic (exact) mass is 362 g/mol. The third-order valence-corrected chi connectivity index (χ3v) is 6.46. The first-order chi connectivity index (χ1) is 13.4. The van der Waals surface area contributed by atoms with Gasteiger partial charge in [-0.2, -0.15) is 0 Å². The first-order valence-electron chi connectivity index (χ1n) is 11.0. The topological polar surface area (TPSA) is 6.48 Å². The maximum Gasteiger partial charge on any atom is 0.0608 e. The van der Waals surface area contributed by atoms with Crippen molar-refractivity contribution in [3.8, 4) is 0 Å². The van der Waals surface area contributed by atoms with Gasteiger partial charge in [-0.05, 0) is 48.1 Å². The normalized spacial score (nSPS) is 18.7. The summed E-state index contributed by atoms with van der Waals surface area (Å²) < 4.78 is 0. The Bertz CT molecular complexity index is 683. The van der Waals surface area contributed by atoms with Gasteiger partial charge in [-0.3, -0.25) is 4.90 Å². The summed E-state index contributed by atoms with van der Waals surface area (Å²) in [6.45, 7) is 8.37. The molecule has 4 rings (SSSR count). The molecule has 0 spiro atoms. The summed E-state index contributed by atoms with van der Waals surface area (Å²) in [6.07, 6.45) is 7.80. The Labute approximate surface area is 165 Å². The van der Waals surface area contributed by atoms with Crippen molar-refractivity contribution in [2.24, 2.45) is 0 Å². The zero-order chi connectivity index (χ0) is 18.5. The number of aryl methyl sites for hydroxylation is 2. The third-order valence-electron chi connectivity index (χ3n) is 6.46. The molecular formula is C25H34N2. The molecule has 0 atom stereocenters. The molecule has 0 radical (unpaired) electrons. The number of hydrogen-bond acceptors (Lipinski definition) is 2. The summed E-state index contributed by atoms with van der Waals surface area (Å²) in [6, 6.07) is 18.7. The molecule has 2 aromatic carbocycles. The van der Waals surface area contributed by atoms with Crippen LogP contribution in [0, 0.1) is 0 Å². The Kier molecular flexibility index (Phi) is 6.26. The molecule has 2 heteroatoms. The van der Waals surface area contributed by atoms with Gasteiger partial charge < -0.3 is 4.90 Å². The van der Waals surface area contributed by atoms with E-state index in [2.05, 4.69) is 65.3 Å². The number of benzene rings is 2. The van der Waals surface area contributed by atoms with Gasteiger partial charge in [0.2, 0.25) is 0 Å². The first-order valence-corrected chi connectivity index (χ1v) is 11.0. The van der Waals surface area contributed by atoms with E-state index < -0.39 is 0 Å². The second-order valence-electron chi connectivity index (χ2n) is 8.24. The number of rotatable bonds is 6. The molecule has 2 aromatic rings. The molecule has 1 aliphatic heterocycles. The van der Waals surface area contributed by atoms with Crippen LogP contribution in [0.2, 0.25) is 0 Å². The highest BCUT2D eigenvalue weighted by Gasteiger charge is 2.30. The highest BCUT2D eigenvalue weighted by molar-refractivity contribution is 5.44. The molecule has 0 aromatic heterocycles. The van der Waals surface area contributed by atoms with E-state index in [1.165, 1.54) is 71.2 Å². The Hall–Kier alpha value is -1.64. The average Bonchev–Trinajstić information content (AvgIpc) is 2.89. The van der Waals surface area contributed by atoms with Gasteiger partial charge in [0.15, 0.2) is 0 Å². The molecule has 27 heavy (non-hydrogen) atoms. The zero-order valence-corrected chi connectivity index (χ0v) is 16.9. The fraction of sp³-hybridized carbons (Fsp3) is 0.520. The van der Waals surface area contributed by atoms with Crippen LogP contribution in [0.5, 0.6) is 0 Å². The van der Waals surface area contributed by atoms with Crippen molar-refractivity contribution < 1.29 is 0 Å². The van der Waals surface area contributed by atoms with Gasteiger partial charge in [-0.15, -0.1) is 0 Å². The molecule has 0 saturated carbocycles. The lowest BCUT2D eigenvalue weighted by Crippen LogP contribution is -2.48. The standard InChI is InChI=1S/C25H34N2/c1-2-3-4-9-16-26-17-19-27(20-18-26)25-23-12-7-5-10-21(23)14-15-22-11-6-8-13-24(22)25/h5-8,10-13,25H,2-4,9,14-20H2,1H3. The van der Waals surface area contributed by atoms with Gasteiger partial charge in [-0.1, -0.05) is 74.7 Å². The smallest absolute Gasteiger partial charge is 0.0608 e. The molecule has 1 saturated heterocycles. The number of piperazine rings is 1. The van der Waals surface area contributed by atoms with E-state index in [1.54, 1.807) is 22.3 Å². The Morgan fingerprint density at radius 3 is 1.93 bits per heavy atom. The van der Waals surface area contributed by atoms with Gasteiger partial charge in [-0.25, -0.2) is 0 Å². The quantitative estimate of drug-likeness (QED) is 0.662. The van der Waals surface area contributed by atoms with E-state index in [-0.39, 0.29) is 0 Å². The zero-order valence-electron chi connectivity index (χ0n) is 16.9. The number of fused-ring (bicyclic) bond motifs is 2. The molecule has 144 valence electrons. The maximum atomic E-state index is 2.74. The van der Waals surface area contributed by atoms with E-state index in [1.807, 2.05) is 0 Å². The molecule has 0 amide bonds. The molecular weight excluding hydrogens is 328 g/mol. The van der Waals surface area contributed by atoms with E-state index >= 15 is 0 Å². The van der Waals surface area contributed by atoms with Crippen molar-refractivity contribution in [2.75, 3.05) is 32.7 Å². The van der Waals surface area contributed by atoms with E-state index in [0.717, 1.165) is 0 Å². The van der Waals surface area contributed by atoms with Crippen molar-refractivity contribution >= 4 is 0 Å². The largest absolute Gasteiger partial charge is 0.301 e. The van der Waals surface area contributed by atoms with Gasteiger partial charge in [0.05, 0.1) is 6.04 Å². The summed E-state index contributed by atoms with van der Waals surface area (Å²) in [7, 11) is 0. The molecule has 1 heterocycles. The second kappa shape index (κ2) is 9.03. The van der Waals surface area contributed by atoms with Gasteiger partial charge in [0, 0.05) is 26.2 Å². The number of unbranched alkanes of at least 4 members (excludes halogenated alkanes) is 3. The van der Waals surface area contributed by atoms with Gasteiger partial charge >= 0.3 is 0 Å². The van der Waals surface area contributed by atoms with Crippen molar-refractivity contribution in [3.05, 3.63) is 70.8 Å². The van der Waals surface area contributed by atoms with Crippen LogP contribution in [0.15, 0.2) is 48.5 Å². The lowest BCUT2D eigenvalue weighted by molar-refractivity contribution is 0.108. The minimum atomic E-state index is 0.433. The summed E-state index contributed by atoms with van der Waals surface area (Å²) in [4.78, 5) is 5.42.